The topological polar surface area (TPSA) is 75.6 Å². The number of benzene rings is 1. The minimum absolute atomic E-state index is 0.00928. The molecule has 0 radical (unpaired) electrons. The molecule has 34 heavy (non-hydrogen) atoms. The van der Waals surface area contributed by atoms with Crippen molar-refractivity contribution in [2.75, 3.05) is 19.6 Å². The Bertz CT molecular complexity index is 1150. The highest BCUT2D eigenvalue weighted by molar-refractivity contribution is 5.98. The minimum atomic E-state index is -0.292. The molecule has 1 aromatic carbocycles. The average Bonchev–Trinajstić information content (AvgIpc) is 3.06. The fourth-order valence-electron chi connectivity index (χ4n) is 5.00. The van der Waals surface area contributed by atoms with Gasteiger partial charge >= 0.3 is 0 Å². The molecule has 1 aliphatic carbocycles. The van der Waals surface area contributed by atoms with E-state index in [9.17, 15) is 9.59 Å². The second kappa shape index (κ2) is 10.3. The molecule has 0 spiro atoms. The molecular formula is C27H30N4O3. The van der Waals surface area contributed by atoms with Crippen molar-refractivity contribution in [2.45, 2.75) is 50.9 Å². The van der Waals surface area contributed by atoms with Crippen molar-refractivity contribution < 1.29 is 14.3 Å². The van der Waals surface area contributed by atoms with Crippen LogP contribution in [0.4, 0.5) is 0 Å². The molecule has 1 atom stereocenters. The lowest BCUT2D eigenvalue weighted by atomic mass is 9.94. The zero-order valence-corrected chi connectivity index (χ0v) is 19.3. The molecule has 2 aromatic heterocycles. The summed E-state index contributed by atoms with van der Waals surface area (Å²) in [5.41, 5.74) is 1.18. The lowest BCUT2D eigenvalue weighted by Gasteiger charge is -2.34. The molecule has 1 saturated carbocycles. The highest BCUT2D eigenvalue weighted by atomic mass is 16.5. The van der Waals surface area contributed by atoms with Crippen LogP contribution in [0.5, 0.6) is 0 Å². The van der Waals surface area contributed by atoms with Crippen molar-refractivity contribution in [3.8, 4) is 0 Å². The molecule has 2 aliphatic rings. The first-order valence-electron chi connectivity index (χ1n) is 12.1. The third kappa shape index (κ3) is 5.09. The number of nitrogens with zero attached hydrogens (tertiary/aromatic N) is 4. The standard InChI is InChI=1S/C27H30N4O3/c32-26-18-30(27(33)25-14-20-8-4-5-9-21(20)15-29-25)16-24(34-19-22-10-6-7-13-28-22)17-31(26)23-11-2-1-3-12-23/h4-10,13-15,23-24H,1-3,11-12,16-19H2. The molecule has 0 bridgehead atoms. The van der Waals surface area contributed by atoms with Gasteiger partial charge in [0.1, 0.15) is 12.2 Å². The van der Waals surface area contributed by atoms with Crippen molar-refractivity contribution >= 4 is 22.6 Å². The third-order valence-electron chi connectivity index (χ3n) is 6.82. The van der Waals surface area contributed by atoms with Crippen LogP contribution in [0.2, 0.25) is 0 Å². The number of ether oxygens (including phenoxy) is 1. The Hall–Kier alpha value is -3.32. The molecule has 176 valence electrons. The molecule has 3 heterocycles. The van der Waals surface area contributed by atoms with Gasteiger partial charge < -0.3 is 14.5 Å². The van der Waals surface area contributed by atoms with E-state index in [2.05, 4.69) is 9.97 Å². The lowest BCUT2D eigenvalue weighted by Crippen LogP contribution is -2.46. The maximum absolute atomic E-state index is 13.5. The van der Waals surface area contributed by atoms with Crippen LogP contribution >= 0.6 is 0 Å². The number of amides is 2. The molecule has 7 nitrogen and oxygen atoms in total. The van der Waals surface area contributed by atoms with E-state index in [-0.39, 0.29) is 30.5 Å². The van der Waals surface area contributed by atoms with Crippen LogP contribution in [0.1, 0.15) is 48.3 Å². The van der Waals surface area contributed by atoms with Gasteiger partial charge in [0.05, 0.1) is 18.4 Å². The Morgan fingerprint density at radius 3 is 2.56 bits per heavy atom. The van der Waals surface area contributed by atoms with E-state index >= 15 is 0 Å². The van der Waals surface area contributed by atoms with E-state index in [0.717, 1.165) is 42.1 Å². The van der Waals surface area contributed by atoms with Crippen LogP contribution in [-0.2, 0) is 16.1 Å². The van der Waals surface area contributed by atoms with Gasteiger partial charge in [-0.3, -0.25) is 19.6 Å². The van der Waals surface area contributed by atoms with E-state index in [1.165, 1.54) is 6.42 Å². The molecule has 1 aliphatic heterocycles. The summed E-state index contributed by atoms with van der Waals surface area (Å²) < 4.78 is 6.23. The Morgan fingerprint density at radius 2 is 1.76 bits per heavy atom. The normalized spacial score (nSPS) is 19.9. The molecule has 3 aromatic rings. The molecule has 0 N–H and O–H groups in total. The van der Waals surface area contributed by atoms with Gasteiger partial charge in [-0.1, -0.05) is 49.6 Å². The largest absolute Gasteiger partial charge is 0.368 e. The SMILES string of the molecule is O=C(c1cc2ccccc2cn1)N1CC(=O)N(C2CCCCC2)CC(OCc2ccccn2)C1. The van der Waals surface area contributed by atoms with Crippen LogP contribution in [-0.4, -0.2) is 63.4 Å². The minimum Gasteiger partial charge on any atom is -0.368 e. The molecule has 2 amide bonds. The van der Waals surface area contributed by atoms with Gasteiger partial charge in [-0.2, -0.15) is 0 Å². The van der Waals surface area contributed by atoms with Gasteiger partial charge in [0.25, 0.3) is 5.91 Å². The highest BCUT2D eigenvalue weighted by Crippen LogP contribution is 2.25. The fraction of sp³-hybridized carbons (Fsp3) is 0.407. The van der Waals surface area contributed by atoms with E-state index < -0.39 is 0 Å². The van der Waals surface area contributed by atoms with Gasteiger partial charge in [-0.05, 0) is 36.4 Å². The molecule has 2 fully saturated rings. The van der Waals surface area contributed by atoms with Crippen molar-refractivity contribution in [3.63, 3.8) is 0 Å². The Balaban J connectivity index is 1.38. The highest BCUT2D eigenvalue weighted by Gasteiger charge is 2.35. The van der Waals surface area contributed by atoms with Crippen LogP contribution in [0.3, 0.4) is 0 Å². The van der Waals surface area contributed by atoms with Crippen LogP contribution in [0.25, 0.3) is 10.8 Å². The van der Waals surface area contributed by atoms with E-state index in [4.69, 9.17) is 4.74 Å². The number of rotatable bonds is 5. The van der Waals surface area contributed by atoms with Crippen LogP contribution in [0, 0.1) is 0 Å². The molecule has 7 heteroatoms. The summed E-state index contributed by atoms with van der Waals surface area (Å²) in [6, 6.07) is 15.6. The number of carbonyl (C=O) groups is 2. The lowest BCUT2D eigenvalue weighted by molar-refractivity contribution is -0.134. The number of fused-ring (bicyclic) bond motifs is 1. The third-order valence-corrected chi connectivity index (χ3v) is 6.82. The van der Waals surface area contributed by atoms with Crippen molar-refractivity contribution in [3.05, 3.63) is 72.3 Å². The van der Waals surface area contributed by atoms with Crippen LogP contribution in [0.15, 0.2) is 60.9 Å². The molecular weight excluding hydrogens is 428 g/mol. The second-order valence-electron chi connectivity index (χ2n) is 9.19. The Morgan fingerprint density at radius 1 is 0.971 bits per heavy atom. The van der Waals surface area contributed by atoms with E-state index in [0.29, 0.717) is 25.4 Å². The first-order chi connectivity index (χ1) is 16.7. The first-order valence-corrected chi connectivity index (χ1v) is 12.1. The maximum atomic E-state index is 13.5. The van der Waals surface area contributed by atoms with Crippen molar-refractivity contribution in [2.24, 2.45) is 0 Å². The van der Waals surface area contributed by atoms with Crippen molar-refractivity contribution in [1.82, 2.24) is 19.8 Å². The van der Waals surface area contributed by atoms with Gasteiger partial charge in [0, 0.05) is 36.9 Å². The van der Waals surface area contributed by atoms with Crippen LogP contribution < -0.4 is 0 Å². The predicted octanol–water partition coefficient (Wildman–Crippen LogP) is 3.83. The first kappa shape index (κ1) is 22.5. The number of hydrogen-bond donors (Lipinski definition) is 0. The summed E-state index contributed by atoms with van der Waals surface area (Å²) >= 11 is 0. The second-order valence-corrected chi connectivity index (χ2v) is 9.19. The number of pyridine rings is 2. The smallest absolute Gasteiger partial charge is 0.273 e. The van der Waals surface area contributed by atoms with E-state index in [1.54, 1.807) is 23.4 Å². The van der Waals surface area contributed by atoms with E-state index in [1.807, 2.05) is 47.4 Å². The Kier molecular flexibility index (Phi) is 6.81. The van der Waals surface area contributed by atoms with Crippen molar-refractivity contribution in [1.29, 1.82) is 0 Å². The zero-order valence-electron chi connectivity index (χ0n) is 19.3. The number of hydrogen-bond acceptors (Lipinski definition) is 5. The molecule has 1 saturated heterocycles. The van der Waals surface area contributed by atoms with Gasteiger partial charge in [-0.25, -0.2) is 0 Å². The summed E-state index contributed by atoms with van der Waals surface area (Å²) in [6.07, 6.45) is 8.68. The maximum Gasteiger partial charge on any atom is 0.273 e. The fourth-order valence-corrected chi connectivity index (χ4v) is 5.00. The Labute approximate surface area is 199 Å². The average molecular weight is 459 g/mol. The van der Waals surface area contributed by atoms with Gasteiger partial charge in [0.15, 0.2) is 0 Å². The molecule has 1 unspecified atom stereocenters. The predicted molar refractivity (Wildman–Crippen MR) is 129 cm³/mol. The summed E-state index contributed by atoms with van der Waals surface area (Å²) in [7, 11) is 0. The summed E-state index contributed by atoms with van der Waals surface area (Å²) in [5, 5.41) is 1.93. The monoisotopic (exact) mass is 458 g/mol. The molecule has 5 rings (SSSR count). The van der Waals surface area contributed by atoms with Gasteiger partial charge in [0.2, 0.25) is 5.91 Å². The quantitative estimate of drug-likeness (QED) is 0.581. The summed E-state index contributed by atoms with van der Waals surface area (Å²) in [5.74, 6) is -0.249. The zero-order chi connectivity index (χ0) is 23.3. The number of aromatic nitrogens is 2. The summed E-state index contributed by atoms with van der Waals surface area (Å²) in [6.45, 7) is 1.22. The number of carbonyl (C=O) groups excluding carboxylic acids is 2. The summed E-state index contributed by atoms with van der Waals surface area (Å²) in [4.78, 5) is 39.1. The van der Waals surface area contributed by atoms with Gasteiger partial charge in [-0.15, -0.1) is 0 Å².